The Morgan fingerprint density at radius 1 is 0.714 bits per heavy atom. The molecule has 0 aromatic rings. The Kier molecular flexibility index (Phi) is 12.0. The van der Waals surface area contributed by atoms with Crippen LogP contribution in [-0.2, 0) is 14.3 Å². The number of ether oxygens (including phenoxy) is 1. The highest BCUT2D eigenvalue weighted by atomic mass is 16.5. The molecule has 3 heteroatoms. The van der Waals surface area contributed by atoms with Gasteiger partial charge < -0.3 is 4.74 Å². The fourth-order valence-corrected chi connectivity index (χ4v) is 13.0. The molecule has 8 atom stereocenters. The van der Waals surface area contributed by atoms with Gasteiger partial charge >= 0.3 is 5.97 Å². The summed E-state index contributed by atoms with van der Waals surface area (Å²) < 4.78 is 6.36. The third kappa shape index (κ3) is 7.54. The van der Waals surface area contributed by atoms with E-state index in [0.717, 1.165) is 38.5 Å². The second-order valence-electron chi connectivity index (χ2n) is 20.7. The van der Waals surface area contributed by atoms with E-state index in [4.69, 9.17) is 4.74 Å². The van der Waals surface area contributed by atoms with E-state index in [2.05, 4.69) is 68.4 Å². The third-order valence-electron chi connectivity index (χ3n) is 16.5. The number of carbonyl (C=O) groups is 2. The predicted octanol–water partition coefficient (Wildman–Crippen LogP) is 13.4. The van der Waals surface area contributed by atoms with Crippen molar-refractivity contribution >= 4 is 11.8 Å². The van der Waals surface area contributed by atoms with Crippen LogP contribution < -0.4 is 0 Å². The Morgan fingerprint density at radius 3 is 1.90 bits per heavy atom. The van der Waals surface area contributed by atoms with Gasteiger partial charge in [0, 0.05) is 17.8 Å². The molecule has 0 unspecified atom stereocenters. The Labute approximate surface area is 303 Å². The maximum atomic E-state index is 14.6. The highest BCUT2D eigenvalue weighted by Crippen LogP contribution is 2.75. The topological polar surface area (TPSA) is 43.4 Å². The van der Waals surface area contributed by atoms with Gasteiger partial charge in [0.15, 0.2) is 5.78 Å². The van der Waals surface area contributed by atoms with Crippen molar-refractivity contribution in [3.05, 3.63) is 11.6 Å². The Balaban J connectivity index is 1.15. The summed E-state index contributed by atoms with van der Waals surface area (Å²) >= 11 is 0. The van der Waals surface area contributed by atoms with E-state index in [1.165, 1.54) is 108 Å². The van der Waals surface area contributed by atoms with Crippen LogP contribution in [0.3, 0.4) is 0 Å². The molecule has 0 radical (unpaired) electrons. The van der Waals surface area contributed by atoms with E-state index < -0.39 is 0 Å². The number of fused-ring (bicyclic) bond motifs is 7. The van der Waals surface area contributed by atoms with E-state index in [1.54, 1.807) is 0 Å². The molecule has 0 bridgehead atoms. The fraction of sp³-hybridized carbons (Fsp3) is 0.913. The number of esters is 1. The lowest BCUT2D eigenvalue weighted by Gasteiger charge is -2.70. The molecule has 4 saturated carbocycles. The quantitative estimate of drug-likeness (QED) is 0.128. The summed E-state index contributed by atoms with van der Waals surface area (Å²) in [6.45, 7) is 22.0. The largest absolute Gasteiger partial charge is 0.462 e. The molecule has 0 saturated heterocycles. The van der Waals surface area contributed by atoms with Crippen LogP contribution in [0.2, 0.25) is 0 Å². The van der Waals surface area contributed by atoms with Gasteiger partial charge in [0.2, 0.25) is 0 Å². The molecule has 280 valence electrons. The number of rotatable bonds is 15. The van der Waals surface area contributed by atoms with Gasteiger partial charge in [0.1, 0.15) is 6.10 Å². The summed E-state index contributed by atoms with van der Waals surface area (Å²) in [5.41, 5.74) is 2.07. The number of ketones is 1. The monoisotopic (exact) mass is 679 g/mol. The summed E-state index contributed by atoms with van der Waals surface area (Å²) in [6.07, 6.45) is 30.2. The molecule has 0 spiro atoms. The number of hydrogen-bond donors (Lipinski definition) is 0. The first-order chi connectivity index (χ1) is 23.0. The van der Waals surface area contributed by atoms with Gasteiger partial charge in [0.05, 0.1) is 0 Å². The van der Waals surface area contributed by atoms with Gasteiger partial charge in [-0.25, -0.2) is 0 Å². The first kappa shape index (κ1) is 39.1. The summed E-state index contributed by atoms with van der Waals surface area (Å²) in [5, 5.41) is 0. The normalized spacial score (nSPS) is 39.2. The molecular formula is C46H78O3. The van der Waals surface area contributed by atoms with Crippen LogP contribution in [0.25, 0.3) is 0 Å². The summed E-state index contributed by atoms with van der Waals surface area (Å²) in [6, 6.07) is 0. The minimum Gasteiger partial charge on any atom is -0.462 e. The number of hydrogen-bond acceptors (Lipinski definition) is 3. The summed E-state index contributed by atoms with van der Waals surface area (Å²) in [4.78, 5) is 27.8. The van der Waals surface area contributed by atoms with E-state index in [-0.39, 0.29) is 39.7 Å². The lowest BCUT2D eigenvalue weighted by atomic mass is 9.33. The molecule has 5 aliphatic rings. The molecule has 0 N–H and O–H groups in total. The maximum Gasteiger partial charge on any atom is 0.306 e. The van der Waals surface area contributed by atoms with Crippen molar-refractivity contribution in [3.63, 3.8) is 0 Å². The summed E-state index contributed by atoms with van der Waals surface area (Å²) in [5.74, 6) is 1.38. The first-order valence-corrected chi connectivity index (χ1v) is 21.5. The molecule has 3 nitrogen and oxygen atoms in total. The minimum atomic E-state index is -0.135. The van der Waals surface area contributed by atoms with Crippen molar-refractivity contribution in [1.82, 2.24) is 0 Å². The zero-order valence-electron chi connectivity index (χ0n) is 33.9. The number of unbranched alkanes of at least 4 members (excludes halogenated alkanes) is 12. The molecule has 4 fully saturated rings. The number of allylic oxidation sites excluding steroid dienone is 2. The van der Waals surface area contributed by atoms with Crippen LogP contribution in [0.1, 0.15) is 210 Å². The zero-order chi connectivity index (χ0) is 35.7. The Hall–Kier alpha value is -1.12. The van der Waals surface area contributed by atoms with Gasteiger partial charge in [0.25, 0.3) is 0 Å². The van der Waals surface area contributed by atoms with Crippen LogP contribution in [-0.4, -0.2) is 17.9 Å². The Bertz CT molecular complexity index is 1190. The highest BCUT2D eigenvalue weighted by Gasteiger charge is 2.70. The second kappa shape index (κ2) is 15.1. The van der Waals surface area contributed by atoms with E-state index in [9.17, 15) is 9.59 Å². The van der Waals surface area contributed by atoms with Crippen molar-refractivity contribution in [2.45, 2.75) is 216 Å². The SMILES string of the molecule is CCCCCCCCCCCCCCCC(=O)O[C@H]1CC[C@]2(C)[C@H]3C(=O)C=C4[C@@H]5CC(C)(C)CC[C@]5(C)CC[C@@]4(C)[C@]3(C)CC[C@H]2C1(C)C. The highest BCUT2D eigenvalue weighted by molar-refractivity contribution is 5.95. The van der Waals surface area contributed by atoms with Crippen molar-refractivity contribution in [3.8, 4) is 0 Å². The molecule has 5 rings (SSSR count). The predicted molar refractivity (Wildman–Crippen MR) is 205 cm³/mol. The second-order valence-corrected chi connectivity index (χ2v) is 20.7. The average molecular weight is 679 g/mol. The lowest BCUT2D eigenvalue weighted by molar-refractivity contribution is -0.211. The maximum absolute atomic E-state index is 14.6. The lowest BCUT2D eigenvalue weighted by Crippen LogP contribution is -2.66. The third-order valence-corrected chi connectivity index (χ3v) is 16.5. The van der Waals surface area contributed by atoms with Crippen molar-refractivity contribution < 1.29 is 14.3 Å². The Morgan fingerprint density at radius 2 is 1.29 bits per heavy atom. The van der Waals surface area contributed by atoms with Crippen molar-refractivity contribution in [1.29, 1.82) is 0 Å². The number of carbonyl (C=O) groups excluding carboxylic acids is 2. The van der Waals surface area contributed by atoms with Crippen molar-refractivity contribution in [2.75, 3.05) is 0 Å². The van der Waals surface area contributed by atoms with Crippen LogP contribution in [0.15, 0.2) is 11.6 Å². The van der Waals surface area contributed by atoms with E-state index in [0.29, 0.717) is 34.9 Å². The van der Waals surface area contributed by atoms with Gasteiger partial charge in [-0.05, 0) is 109 Å². The summed E-state index contributed by atoms with van der Waals surface area (Å²) in [7, 11) is 0. The van der Waals surface area contributed by atoms with Crippen LogP contribution >= 0.6 is 0 Å². The minimum absolute atomic E-state index is 0.000103. The van der Waals surface area contributed by atoms with Crippen LogP contribution in [0, 0.1) is 50.2 Å². The van der Waals surface area contributed by atoms with E-state index in [1.807, 2.05) is 0 Å². The molecular weight excluding hydrogens is 601 g/mol. The smallest absolute Gasteiger partial charge is 0.306 e. The average Bonchev–Trinajstić information content (AvgIpc) is 3.02. The molecule has 5 aliphatic carbocycles. The molecule has 0 heterocycles. The van der Waals surface area contributed by atoms with Gasteiger partial charge in [-0.2, -0.15) is 0 Å². The fourth-order valence-electron chi connectivity index (χ4n) is 13.0. The van der Waals surface area contributed by atoms with Crippen LogP contribution in [0.4, 0.5) is 0 Å². The van der Waals surface area contributed by atoms with Gasteiger partial charge in [-0.15, -0.1) is 0 Å². The standard InChI is InChI=1S/C46H78O3/c1-10-11-12-13-14-15-16-17-18-19-20-21-22-23-39(48)49-38-25-26-44(7)37(42(38,4)5)24-27-46(9)40(44)36(47)32-34-35-33-41(2,3)28-29-43(35,6)30-31-45(34,46)8/h32,35,37-38,40H,10-31,33H2,1-9H3/t35-,37-,38-,40+,43+,44-,45+,46+/m0/s1. The zero-order valence-corrected chi connectivity index (χ0v) is 33.9. The first-order valence-electron chi connectivity index (χ1n) is 21.5. The van der Waals surface area contributed by atoms with E-state index >= 15 is 0 Å². The van der Waals surface area contributed by atoms with Crippen molar-refractivity contribution in [2.24, 2.45) is 50.2 Å². The molecule has 0 aliphatic heterocycles. The van der Waals surface area contributed by atoms with Crippen LogP contribution in [0.5, 0.6) is 0 Å². The molecule has 0 aromatic heterocycles. The molecule has 49 heavy (non-hydrogen) atoms. The molecule has 0 aromatic carbocycles. The van der Waals surface area contributed by atoms with Gasteiger partial charge in [-0.1, -0.05) is 145 Å². The molecule has 0 amide bonds. The van der Waals surface area contributed by atoms with Gasteiger partial charge in [-0.3, -0.25) is 9.59 Å².